The van der Waals surface area contributed by atoms with Crippen LogP contribution in [-0.4, -0.2) is 4.98 Å². The number of hydrogen-bond donors (Lipinski definition) is 2. The topological polar surface area (TPSA) is 50.9 Å². The molecule has 0 spiro atoms. The molecule has 0 saturated carbocycles. The van der Waals surface area contributed by atoms with E-state index in [0.29, 0.717) is 21.4 Å². The number of nitrogens with two attached hydrogens (primary N) is 1. The van der Waals surface area contributed by atoms with Gasteiger partial charge in [-0.25, -0.2) is 4.98 Å². The van der Waals surface area contributed by atoms with Gasteiger partial charge in [0, 0.05) is 17.3 Å². The molecule has 1 aromatic heterocycles. The van der Waals surface area contributed by atoms with E-state index < -0.39 is 0 Å². The van der Waals surface area contributed by atoms with E-state index in [9.17, 15) is 0 Å². The van der Waals surface area contributed by atoms with Crippen LogP contribution >= 0.6 is 34.5 Å². The van der Waals surface area contributed by atoms with E-state index in [0.717, 1.165) is 11.4 Å². The van der Waals surface area contributed by atoms with Crippen molar-refractivity contribution in [3.05, 3.63) is 38.8 Å². The average Bonchev–Trinajstić information content (AvgIpc) is 2.81. The monoisotopic (exact) mass is 301 g/mol. The summed E-state index contributed by atoms with van der Waals surface area (Å²) in [7, 11) is 0. The quantitative estimate of drug-likeness (QED) is 0.812. The minimum absolute atomic E-state index is 0.101. The van der Waals surface area contributed by atoms with Gasteiger partial charge in [-0.2, -0.15) is 0 Å². The van der Waals surface area contributed by atoms with Crippen LogP contribution in [0.5, 0.6) is 0 Å². The zero-order chi connectivity index (χ0) is 13.1. The summed E-state index contributed by atoms with van der Waals surface area (Å²) >= 11 is 13.9. The first-order valence-corrected chi connectivity index (χ1v) is 7.15. The molecular weight excluding hydrogens is 289 g/mol. The largest absolute Gasteiger partial charge is 0.399 e. The summed E-state index contributed by atoms with van der Waals surface area (Å²) in [6.07, 6.45) is 2.68. The molecule has 1 heterocycles. The summed E-state index contributed by atoms with van der Waals surface area (Å²) in [4.78, 5) is 4.31. The van der Waals surface area contributed by atoms with Crippen LogP contribution < -0.4 is 11.1 Å². The van der Waals surface area contributed by atoms with E-state index >= 15 is 0 Å². The normalized spacial score (nSPS) is 12.4. The Balaban J connectivity index is 2.28. The lowest BCUT2D eigenvalue weighted by atomic mass is 10.2. The fraction of sp³-hybridized carbons (Fsp3) is 0.250. The van der Waals surface area contributed by atoms with Crippen molar-refractivity contribution in [1.82, 2.24) is 4.98 Å². The average molecular weight is 302 g/mol. The Morgan fingerprint density at radius 3 is 2.56 bits per heavy atom. The maximum Gasteiger partial charge on any atom is 0.115 e. The summed E-state index contributed by atoms with van der Waals surface area (Å²) < 4.78 is 0. The zero-order valence-corrected chi connectivity index (χ0v) is 12.1. The summed E-state index contributed by atoms with van der Waals surface area (Å²) in [5, 5.41) is 7.34. The maximum absolute atomic E-state index is 6.15. The van der Waals surface area contributed by atoms with Gasteiger partial charge in [-0.05, 0) is 18.6 Å². The molecule has 0 aliphatic rings. The zero-order valence-electron chi connectivity index (χ0n) is 9.78. The number of rotatable bonds is 4. The lowest BCUT2D eigenvalue weighted by Crippen LogP contribution is -2.10. The van der Waals surface area contributed by atoms with Gasteiger partial charge in [0.1, 0.15) is 5.01 Å². The first kappa shape index (κ1) is 13.5. The number of nitrogen functional groups attached to an aromatic ring is 1. The number of thiazole rings is 1. The second kappa shape index (κ2) is 5.78. The van der Waals surface area contributed by atoms with Gasteiger partial charge in [0.25, 0.3) is 0 Å². The highest BCUT2D eigenvalue weighted by Crippen LogP contribution is 2.36. The molecule has 2 aromatic rings. The van der Waals surface area contributed by atoms with Gasteiger partial charge in [-0.3, -0.25) is 0 Å². The van der Waals surface area contributed by atoms with E-state index in [4.69, 9.17) is 28.9 Å². The van der Waals surface area contributed by atoms with E-state index in [1.165, 1.54) is 0 Å². The molecule has 0 aliphatic carbocycles. The molecule has 1 unspecified atom stereocenters. The Hall–Kier alpha value is -0.970. The molecule has 1 aromatic carbocycles. The Morgan fingerprint density at radius 2 is 2.06 bits per heavy atom. The van der Waals surface area contributed by atoms with E-state index in [1.807, 2.05) is 5.38 Å². The number of halogens is 2. The lowest BCUT2D eigenvalue weighted by Gasteiger charge is -2.18. The smallest absolute Gasteiger partial charge is 0.115 e. The summed E-state index contributed by atoms with van der Waals surface area (Å²) in [6, 6.07) is 3.47. The third kappa shape index (κ3) is 2.88. The second-order valence-corrected chi connectivity index (χ2v) is 5.58. The molecule has 0 fully saturated rings. The van der Waals surface area contributed by atoms with Gasteiger partial charge in [-0.1, -0.05) is 30.1 Å². The first-order chi connectivity index (χ1) is 8.61. The van der Waals surface area contributed by atoms with Gasteiger partial charge in [-0.15, -0.1) is 11.3 Å². The minimum Gasteiger partial charge on any atom is -0.399 e. The predicted molar refractivity (Wildman–Crippen MR) is 79.6 cm³/mol. The molecule has 1 atom stereocenters. The molecule has 2 rings (SSSR count). The molecule has 18 heavy (non-hydrogen) atoms. The molecule has 3 nitrogen and oxygen atoms in total. The van der Waals surface area contributed by atoms with Crippen LogP contribution in [0.25, 0.3) is 0 Å². The standard InChI is InChI=1S/C12H13Cl2N3S/c1-2-10(12-16-3-4-18-12)17-11-8(13)5-7(15)6-9(11)14/h3-6,10,17H,2,15H2,1H3. The van der Waals surface area contributed by atoms with Crippen molar-refractivity contribution in [2.45, 2.75) is 19.4 Å². The van der Waals surface area contributed by atoms with Crippen molar-refractivity contribution < 1.29 is 0 Å². The van der Waals surface area contributed by atoms with Crippen LogP contribution in [0.4, 0.5) is 11.4 Å². The number of nitrogens with zero attached hydrogens (tertiary/aromatic N) is 1. The Labute approximate surface area is 120 Å². The number of anilines is 2. The minimum atomic E-state index is 0.101. The summed E-state index contributed by atoms with van der Waals surface area (Å²) in [5.41, 5.74) is 6.94. The maximum atomic E-state index is 6.15. The molecule has 3 N–H and O–H groups in total. The third-order valence-corrected chi connectivity index (χ3v) is 4.03. The van der Waals surface area contributed by atoms with Gasteiger partial charge < -0.3 is 11.1 Å². The van der Waals surface area contributed by atoms with Crippen molar-refractivity contribution in [2.24, 2.45) is 0 Å². The Bertz CT molecular complexity index is 505. The number of aromatic nitrogens is 1. The van der Waals surface area contributed by atoms with Crippen LogP contribution in [0, 0.1) is 0 Å². The number of hydrogen-bond acceptors (Lipinski definition) is 4. The number of nitrogens with one attached hydrogen (secondary N) is 1. The third-order valence-electron chi connectivity index (χ3n) is 2.54. The van der Waals surface area contributed by atoms with E-state index in [-0.39, 0.29) is 6.04 Å². The van der Waals surface area contributed by atoms with Gasteiger partial charge in [0.2, 0.25) is 0 Å². The Morgan fingerprint density at radius 1 is 1.39 bits per heavy atom. The van der Waals surface area contributed by atoms with Gasteiger partial charge in [0.05, 0.1) is 21.8 Å². The fourth-order valence-electron chi connectivity index (χ4n) is 1.65. The molecule has 0 saturated heterocycles. The van der Waals surface area contributed by atoms with Crippen LogP contribution in [0.2, 0.25) is 10.0 Å². The highest BCUT2D eigenvalue weighted by atomic mass is 35.5. The predicted octanol–water partition coefficient (Wildman–Crippen LogP) is 4.60. The lowest BCUT2D eigenvalue weighted by molar-refractivity contribution is 0.742. The van der Waals surface area contributed by atoms with Crippen LogP contribution in [-0.2, 0) is 0 Å². The SMILES string of the molecule is CCC(Nc1c(Cl)cc(N)cc1Cl)c1nccs1. The van der Waals surface area contributed by atoms with Crippen molar-refractivity contribution in [3.8, 4) is 0 Å². The van der Waals surface area contributed by atoms with Crippen molar-refractivity contribution in [2.75, 3.05) is 11.1 Å². The molecule has 96 valence electrons. The van der Waals surface area contributed by atoms with Gasteiger partial charge in [0.15, 0.2) is 0 Å². The molecular formula is C12H13Cl2N3S. The summed E-state index contributed by atoms with van der Waals surface area (Å²) in [6.45, 7) is 2.08. The van der Waals surface area contributed by atoms with E-state index in [2.05, 4.69) is 17.2 Å². The molecule has 0 aliphatic heterocycles. The first-order valence-electron chi connectivity index (χ1n) is 5.52. The summed E-state index contributed by atoms with van der Waals surface area (Å²) in [5.74, 6) is 0. The number of benzene rings is 1. The molecule has 0 radical (unpaired) electrons. The Kier molecular flexibility index (Phi) is 4.32. The van der Waals surface area contributed by atoms with Crippen molar-refractivity contribution >= 4 is 45.9 Å². The molecule has 0 amide bonds. The fourth-order valence-corrected chi connectivity index (χ4v) is 3.04. The van der Waals surface area contributed by atoms with Crippen molar-refractivity contribution in [1.29, 1.82) is 0 Å². The van der Waals surface area contributed by atoms with Crippen LogP contribution in [0.15, 0.2) is 23.7 Å². The highest BCUT2D eigenvalue weighted by Gasteiger charge is 2.15. The van der Waals surface area contributed by atoms with Gasteiger partial charge >= 0.3 is 0 Å². The van der Waals surface area contributed by atoms with E-state index in [1.54, 1.807) is 29.7 Å². The molecule has 0 bridgehead atoms. The second-order valence-electron chi connectivity index (χ2n) is 3.84. The van der Waals surface area contributed by atoms with Crippen LogP contribution in [0.1, 0.15) is 24.4 Å². The highest BCUT2D eigenvalue weighted by molar-refractivity contribution is 7.09. The van der Waals surface area contributed by atoms with Crippen molar-refractivity contribution in [3.63, 3.8) is 0 Å². The molecule has 6 heteroatoms. The van der Waals surface area contributed by atoms with Crippen LogP contribution in [0.3, 0.4) is 0 Å².